The molecule has 3 atom stereocenters. The Morgan fingerprint density at radius 2 is 1.95 bits per heavy atom. The predicted molar refractivity (Wildman–Crippen MR) is 82.4 cm³/mol. The predicted octanol–water partition coefficient (Wildman–Crippen LogP) is 2.09. The van der Waals surface area contributed by atoms with Crippen LogP contribution in [-0.4, -0.2) is 40.2 Å². The second-order valence-electron chi connectivity index (χ2n) is 5.86. The molecular formula is C16H21N3O2. The van der Waals surface area contributed by atoms with E-state index < -0.39 is 0 Å². The van der Waals surface area contributed by atoms with E-state index in [1.165, 1.54) is 0 Å². The molecule has 5 heteroatoms. The Balaban J connectivity index is 1.94. The van der Waals surface area contributed by atoms with Crippen LogP contribution in [0.1, 0.15) is 32.6 Å². The van der Waals surface area contributed by atoms with Gasteiger partial charge < -0.3 is 9.72 Å². The van der Waals surface area contributed by atoms with E-state index in [2.05, 4.69) is 35.6 Å². The van der Waals surface area contributed by atoms with E-state index in [9.17, 15) is 4.79 Å². The van der Waals surface area contributed by atoms with Crippen LogP contribution >= 0.6 is 0 Å². The summed E-state index contributed by atoms with van der Waals surface area (Å²) < 4.78 is 5.76. The summed E-state index contributed by atoms with van der Waals surface area (Å²) in [7, 11) is 0. The van der Waals surface area contributed by atoms with Crippen molar-refractivity contribution in [2.75, 3.05) is 13.1 Å². The van der Waals surface area contributed by atoms with Gasteiger partial charge in [0, 0.05) is 13.1 Å². The van der Waals surface area contributed by atoms with Crippen molar-refractivity contribution in [3.63, 3.8) is 0 Å². The SMILES string of the molecule is CC1CN(C(C)c2nc3ccccc3c(=O)[nH]2)CC(C)O1. The number of aromatic amines is 1. The fraction of sp³-hybridized carbons (Fsp3) is 0.500. The molecule has 3 rings (SSSR count). The van der Waals surface area contributed by atoms with Gasteiger partial charge in [0.1, 0.15) is 5.82 Å². The van der Waals surface area contributed by atoms with Crippen LogP contribution in [0.25, 0.3) is 10.9 Å². The Kier molecular flexibility index (Phi) is 3.78. The van der Waals surface area contributed by atoms with Gasteiger partial charge in [0.15, 0.2) is 0 Å². The van der Waals surface area contributed by atoms with Crippen LogP contribution in [0.15, 0.2) is 29.1 Å². The number of ether oxygens (including phenoxy) is 1. The van der Waals surface area contributed by atoms with Gasteiger partial charge in [-0.2, -0.15) is 0 Å². The van der Waals surface area contributed by atoms with Gasteiger partial charge in [0.2, 0.25) is 0 Å². The number of H-pyrrole nitrogens is 1. The molecule has 0 saturated carbocycles. The lowest BCUT2D eigenvalue weighted by Crippen LogP contribution is -2.46. The van der Waals surface area contributed by atoms with Gasteiger partial charge in [-0.3, -0.25) is 9.69 Å². The second-order valence-corrected chi connectivity index (χ2v) is 5.86. The molecule has 21 heavy (non-hydrogen) atoms. The maximum atomic E-state index is 12.2. The normalized spacial score (nSPS) is 25.1. The van der Waals surface area contributed by atoms with Gasteiger partial charge >= 0.3 is 0 Å². The third-order valence-electron chi connectivity index (χ3n) is 4.02. The first-order valence-corrected chi connectivity index (χ1v) is 7.43. The third-order valence-corrected chi connectivity index (χ3v) is 4.02. The van der Waals surface area contributed by atoms with Crippen molar-refractivity contribution in [1.82, 2.24) is 14.9 Å². The number of fused-ring (bicyclic) bond motifs is 1. The number of nitrogens with one attached hydrogen (secondary N) is 1. The molecule has 112 valence electrons. The first-order valence-electron chi connectivity index (χ1n) is 7.43. The molecule has 0 radical (unpaired) electrons. The first kappa shape index (κ1) is 14.2. The topological polar surface area (TPSA) is 58.2 Å². The van der Waals surface area contributed by atoms with Crippen LogP contribution in [0.4, 0.5) is 0 Å². The van der Waals surface area contributed by atoms with Gasteiger partial charge in [-0.1, -0.05) is 12.1 Å². The second kappa shape index (κ2) is 5.58. The molecule has 1 aromatic carbocycles. The monoisotopic (exact) mass is 287 g/mol. The van der Waals surface area contributed by atoms with Crippen molar-refractivity contribution in [2.45, 2.75) is 39.0 Å². The summed E-state index contributed by atoms with van der Waals surface area (Å²) in [5, 5.41) is 0.636. The molecule has 0 amide bonds. The zero-order valence-electron chi connectivity index (χ0n) is 12.7. The molecular weight excluding hydrogens is 266 g/mol. The summed E-state index contributed by atoms with van der Waals surface area (Å²) in [6, 6.07) is 7.51. The first-order chi connectivity index (χ1) is 10.0. The lowest BCUT2D eigenvalue weighted by atomic mass is 10.1. The van der Waals surface area contributed by atoms with E-state index in [1.807, 2.05) is 18.2 Å². The fourth-order valence-corrected chi connectivity index (χ4v) is 3.01. The van der Waals surface area contributed by atoms with Crippen LogP contribution in [-0.2, 0) is 4.74 Å². The number of para-hydroxylation sites is 1. The molecule has 0 aliphatic carbocycles. The quantitative estimate of drug-likeness (QED) is 0.919. The molecule has 1 aromatic heterocycles. The summed E-state index contributed by atoms with van der Waals surface area (Å²) in [4.78, 5) is 22.0. The molecule has 2 heterocycles. The zero-order chi connectivity index (χ0) is 15.0. The minimum atomic E-state index is -0.0724. The highest BCUT2D eigenvalue weighted by molar-refractivity contribution is 5.77. The smallest absolute Gasteiger partial charge is 0.258 e. The van der Waals surface area contributed by atoms with E-state index in [4.69, 9.17) is 4.74 Å². The summed E-state index contributed by atoms with van der Waals surface area (Å²) in [5.74, 6) is 0.722. The number of morpholine rings is 1. The molecule has 1 fully saturated rings. The maximum Gasteiger partial charge on any atom is 0.258 e. The van der Waals surface area contributed by atoms with Gasteiger partial charge in [-0.25, -0.2) is 4.98 Å². The lowest BCUT2D eigenvalue weighted by molar-refractivity contribution is -0.0798. The summed E-state index contributed by atoms with van der Waals surface area (Å²) in [6.07, 6.45) is 0.395. The minimum Gasteiger partial charge on any atom is -0.373 e. The highest BCUT2D eigenvalue weighted by Crippen LogP contribution is 2.22. The molecule has 0 spiro atoms. The van der Waals surface area contributed by atoms with Gasteiger partial charge in [0.25, 0.3) is 5.56 Å². The summed E-state index contributed by atoms with van der Waals surface area (Å²) in [6.45, 7) is 7.93. The maximum absolute atomic E-state index is 12.2. The van der Waals surface area contributed by atoms with Crippen LogP contribution in [0.5, 0.6) is 0 Å². The Morgan fingerprint density at radius 1 is 1.29 bits per heavy atom. The van der Waals surface area contributed by atoms with Crippen LogP contribution in [0.2, 0.25) is 0 Å². The molecule has 1 N–H and O–H groups in total. The van der Waals surface area contributed by atoms with E-state index in [0.717, 1.165) is 24.4 Å². The van der Waals surface area contributed by atoms with Crippen LogP contribution in [0.3, 0.4) is 0 Å². The number of hydrogen-bond acceptors (Lipinski definition) is 4. The largest absolute Gasteiger partial charge is 0.373 e. The molecule has 5 nitrogen and oxygen atoms in total. The Hall–Kier alpha value is -1.72. The molecule has 3 unspecified atom stereocenters. The number of benzene rings is 1. The van der Waals surface area contributed by atoms with Crippen molar-refractivity contribution in [2.24, 2.45) is 0 Å². The average molecular weight is 287 g/mol. The van der Waals surface area contributed by atoms with Crippen molar-refractivity contribution < 1.29 is 4.74 Å². The van der Waals surface area contributed by atoms with E-state index >= 15 is 0 Å². The average Bonchev–Trinajstić information content (AvgIpc) is 2.45. The van der Waals surface area contributed by atoms with Gasteiger partial charge in [-0.05, 0) is 32.9 Å². The standard InChI is InChI=1S/C16H21N3O2/c1-10-8-19(9-11(2)21-10)12(3)15-17-14-7-5-4-6-13(14)16(20)18-15/h4-7,10-12H,8-9H2,1-3H3,(H,17,18,20). The van der Waals surface area contributed by atoms with Gasteiger partial charge in [0.05, 0.1) is 29.2 Å². The Labute approximate surface area is 124 Å². The van der Waals surface area contributed by atoms with Crippen molar-refractivity contribution >= 4 is 10.9 Å². The number of rotatable bonds is 2. The molecule has 1 saturated heterocycles. The van der Waals surface area contributed by atoms with Crippen LogP contribution < -0.4 is 5.56 Å². The highest BCUT2D eigenvalue weighted by atomic mass is 16.5. The Bertz CT molecular complexity index is 687. The van der Waals surface area contributed by atoms with E-state index in [1.54, 1.807) is 6.07 Å². The van der Waals surface area contributed by atoms with Gasteiger partial charge in [-0.15, -0.1) is 0 Å². The van der Waals surface area contributed by atoms with Crippen LogP contribution in [0, 0.1) is 0 Å². The number of nitrogens with zero attached hydrogens (tertiary/aromatic N) is 2. The molecule has 2 aromatic rings. The van der Waals surface area contributed by atoms with E-state index in [0.29, 0.717) is 5.39 Å². The summed E-state index contributed by atoms with van der Waals surface area (Å²) >= 11 is 0. The van der Waals surface area contributed by atoms with Crippen molar-refractivity contribution in [1.29, 1.82) is 0 Å². The van der Waals surface area contributed by atoms with E-state index in [-0.39, 0.29) is 23.8 Å². The Morgan fingerprint density at radius 3 is 2.67 bits per heavy atom. The molecule has 0 bridgehead atoms. The van der Waals surface area contributed by atoms with Crippen molar-refractivity contribution in [3.8, 4) is 0 Å². The molecule has 1 aliphatic rings. The lowest BCUT2D eigenvalue weighted by Gasteiger charge is -2.38. The van der Waals surface area contributed by atoms with Crippen molar-refractivity contribution in [3.05, 3.63) is 40.4 Å². The molecule has 1 aliphatic heterocycles. The number of hydrogen-bond donors (Lipinski definition) is 1. The highest BCUT2D eigenvalue weighted by Gasteiger charge is 2.27. The minimum absolute atomic E-state index is 0.0658. The summed E-state index contributed by atoms with van der Waals surface area (Å²) in [5.41, 5.74) is 0.675. The number of aromatic nitrogens is 2. The third kappa shape index (κ3) is 2.84. The fourth-order valence-electron chi connectivity index (χ4n) is 3.01. The zero-order valence-corrected chi connectivity index (χ0v) is 12.7.